The lowest BCUT2D eigenvalue weighted by molar-refractivity contribution is 0.340. The molecule has 0 aliphatic heterocycles. The van der Waals surface area contributed by atoms with E-state index >= 15 is 0 Å². The van der Waals surface area contributed by atoms with Gasteiger partial charge in [-0.05, 0) is 49.6 Å². The number of aryl methyl sites for hydroxylation is 1. The lowest BCUT2D eigenvalue weighted by atomic mass is 10.1. The van der Waals surface area contributed by atoms with Gasteiger partial charge >= 0.3 is 0 Å². The van der Waals surface area contributed by atoms with E-state index in [2.05, 4.69) is 36.2 Å². The zero-order valence-electron chi connectivity index (χ0n) is 14.3. The minimum Gasteiger partial charge on any atom is -0.493 e. The van der Waals surface area contributed by atoms with Gasteiger partial charge in [-0.15, -0.1) is 0 Å². The van der Waals surface area contributed by atoms with Crippen molar-refractivity contribution in [1.82, 2.24) is 0 Å². The van der Waals surface area contributed by atoms with Crippen molar-refractivity contribution < 1.29 is 4.74 Å². The maximum absolute atomic E-state index is 5.62. The molecular weight excluding hydrogens is 282 g/mol. The number of benzene rings is 2. The highest BCUT2D eigenvalue weighted by Crippen LogP contribution is 2.19. The first-order valence-corrected chi connectivity index (χ1v) is 8.68. The number of ether oxygens (including phenoxy) is 1. The molecule has 0 fully saturated rings. The van der Waals surface area contributed by atoms with Gasteiger partial charge in [-0.25, -0.2) is 0 Å². The van der Waals surface area contributed by atoms with Crippen LogP contribution in [-0.2, 0) is 6.42 Å². The van der Waals surface area contributed by atoms with Crippen LogP contribution in [0.5, 0.6) is 5.75 Å². The second-order valence-corrected chi connectivity index (χ2v) is 5.71. The third kappa shape index (κ3) is 5.90. The molecule has 122 valence electrons. The quantitative estimate of drug-likeness (QED) is 0.414. The first kappa shape index (κ1) is 17.3. The molecule has 0 heterocycles. The summed E-state index contributed by atoms with van der Waals surface area (Å²) in [5.41, 5.74) is 3.39. The Morgan fingerprint density at radius 1 is 0.913 bits per heavy atom. The summed E-state index contributed by atoms with van der Waals surface area (Å²) in [5, 5.41) is 0. The van der Waals surface area contributed by atoms with E-state index in [9.17, 15) is 0 Å². The Labute approximate surface area is 140 Å². The third-order valence-electron chi connectivity index (χ3n) is 3.83. The molecule has 0 spiro atoms. The number of aliphatic imine (C=N–C) groups is 1. The Morgan fingerprint density at radius 2 is 1.70 bits per heavy atom. The molecule has 2 rings (SSSR count). The van der Waals surface area contributed by atoms with Crippen LogP contribution in [0.4, 0.5) is 5.69 Å². The van der Waals surface area contributed by atoms with E-state index in [4.69, 9.17) is 4.74 Å². The summed E-state index contributed by atoms with van der Waals surface area (Å²) < 4.78 is 5.62. The largest absolute Gasteiger partial charge is 0.493 e. The van der Waals surface area contributed by atoms with Crippen molar-refractivity contribution in [3.63, 3.8) is 0 Å². The molecule has 0 aromatic heterocycles. The van der Waals surface area contributed by atoms with Crippen LogP contribution < -0.4 is 4.74 Å². The maximum atomic E-state index is 5.62. The summed E-state index contributed by atoms with van der Waals surface area (Å²) in [7, 11) is 0. The maximum Gasteiger partial charge on any atom is 0.128 e. The highest BCUT2D eigenvalue weighted by Gasteiger charge is 1.99. The van der Waals surface area contributed by atoms with E-state index in [0.717, 1.165) is 23.4 Å². The van der Waals surface area contributed by atoms with Crippen molar-refractivity contribution in [2.75, 3.05) is 6.61 Å². The van der Waals surface area contributed by atoms with Crippen molar-refractivity contribution in [3.8, 4) is 5.75 Å². The van der Waals surface area contributed by atoms with Crippen LogP contribution in [0, 0.1) is 0 Å². The lowest BCUT2D eigenvalue weighted by Crippen LogP contribution is -1.95. The van der Waals surface area contributed by atoms with Gasteiger partial charge < -0.3 is 4.74 Å². The van der Waals surface area contributed by atoms with Crippen LogP contribution in [0.1, 0.15) is 50.7 Å². The molecule has 2 heteroatoms. The van der Waals surface area contributed by atoms with E-state index in [1.807, 2.05) is 37.4 Å². The summed E-state index contributed by atoms with van der Waals surface area (Å²) >= 11 is 0. The van der Waals surface area contributed by atoms with E-state index in [1.54, 1.807) is 0 Å². The number of nitrogens with zero attached hydrogens (tertiary/aromatic N) is 1. The molecule has 2 aromatic carbocycles. The molecule has 0 bridgehead atoms. The predicted molar refractivity (Wildman–Crippen MR) is 99.2 cm³/mol. The highest BCUT2D eigenvalue weighted by molar-refractivity contribution is 5.85. The number of unbranched alkanes of at least 4 members (excludes halogenated alkanes) is 3. The first-order valence-electron chi connectivity index (χ1n) is 8.68. The van der Waals surface area contributed by atoms with Gasteiger partial charge in [0.1, 0.15) is 5.75 Å². The standard InChI is InChI=1S/C21H27NO/c1-3-5-6-7-10-18-13-15-20(16-14-18)22-17-19-11-8-9-12-21(19)23-4-2/h8-9,11-17H,3-7,10H2,1-2H3/b22-17-. The molecule has 0 aliphatic carbocycles. The van der Waals surface area contributed by atoms with Crippen LogP contribution in [-0.4, -0.2) is 12.8 Å². The van der Waals surface area contributed by atoms with Crippen molar-refractivity contribution in [2.45, 2.75) is 46.0 Å². The van der Waals surface area contributed by atoms with Crippen LogP contribution in [0.25, 0.3) is 0 Å². The van der Waals surface area contributed by atoms with Crippen LogP contribution in [0.3, 0.4) is 0 Å². The molecule has 0 saturated heterocycles. The molecule has 0 N–H and O–H groups in total. The average molecular weight is 309 g/mol. The van der Waals surface area contributed by atoms with E-state index in [0.29, 0.717) is 6.61 Å². The number of hydrogen-bond donors (Lipinski definition) is 0. The molecule has 0 radical (unpaired) electrons. The van der Waals surface area contributed by atoms with Crippen molar-refractivity contribution >= 4 is 11.9 Å². The number of rotatable bonds is 9. The van der Waals surface area contributed by atoms with Gasteiger partial charge in [0, 0.05) is 11.8 Å². The Balaban J connectivity index is 1.95. The van der Waals surface area contributed by atoms with Crippen LogP contribution >= 0.6 is 0 Å². The fraction of sp³-hybridized carbons (Fsp3) is 0.381. The van der Waals surface area contributed by atoms with Gasteiger partial charge in [-0.2, -0.15) is 0 Å². The summed E-state index contributed by atoms with van der Waals surface area (Å²) in [4.78, 5) is 4.57. The average Bonchev–Trinajstić information content (AvgIpc) is 2.59. The van der Waals surface area contributed by atoms with Gasteiger partial charge in [0.05, 0.1) is 12.3 Å². The van der Waals surface area contributed by atoms with Crippen molar-refractivity contribution in [2.24, 2.45) is 4.99 Å². The van der Waals surface area contributed by atoms with Gasteiger partial charge in [0.2, 0.25) is 0 Å². The Kier molecular flexibility index (Phi) is 7.38. The topological polar surface area (TPSA) is 21.6 Å². The predicted octanol–water partition coefficient (Wildman–Crippen LogP) is 5.96. The zero-order valence-corrected chi connectivity index (χ0v) is 14.3. The first-order chi connectivity index (χ1) is 11.3. The molecule has 2 nitrogen and oxygen atoms in total. The fourth-order valence-corrected chi connectivity index (χ4v) is 2.52. The Morgan fingerprint density at radius 3 is 2.43 bits per heavy atom. The molecular formula is C21H27NO. The molecule has 0 unspecified atom stereocenters. The highest BCUT2D eigenvalue weighted by atomic mass is 16.5. The second-order valence-electron chi connectivity index (χ2n) is 5.71. The molecule has 0 aliphatic rings. The Hall–Kier alpha value is -2.09. The zero-order chi connectivity index (χ0) is 16.3. The third-order valence-corrected chi connectivity index (χ3v) is 3.83. The van der Waals surface area contributed by atoms with E-state index in [-0.39, 0.29) is 0 Å². The molecule has 0 atom stereocenters. The number of hydrogen-bond acceptors (Lipinski definition) is 2. The van der Waals surface area contributed by atoms with Gasteiger partial charge in [0.25, 0.3) is 0 Å². The monoisotopic (exact) mass is 309 g/mol. The lowest BCUT2D eigenvalue weighted by Gasteiger charge is -2.06. The molecule has 0 amide bonds. The van der Waals surface area contributed by atoms with Crippen molar-refractivity contribution in [3.05, 3.63) is 59.7 Å². The summed E-state index contributed by atoms with van der Waals surface area (Å²) in [6.45, 7) is 4.90. The summed E-state index contributed by atoms with van der Waals surface area (Å²) in [6, 6.07) is 16.5. The molecule has 23 heavy (non-hydrogen) atoms. The molecule has 0 saturated carbocycles. The van der Waals surface area contributed by atoms with Gasteiger partial charge in [0.15, 0.2) is 0 Å². The molecule has 2 aromatic rings. The minimum atomic E-state index is 0.664. The van der Waals surface area contributed by atoms with E-state index < -0.39 is 0 Å². The number of para-hydroxylation sites is 1. The van der Waals surface area contributed by atoms with E-state index in [1.165, 1.54) is 31.2 Å². The summed E-state index contributed by atoms with van der Waals surface area (Å²) in [5.74, 6) is 0.881. The Bertz CT molecular complexity index is 601. The van der Waals surface area contributed by atoms with Crippen molar-refractivity contribution in [1.29, 1.82) is 0 Å². The smallest absolute Gasteiger partial charge is 0.128 e. The second kappa shape index (κ2) is 9.83. The van der Waals surface area contributed by atoms with Crippen LogP contribution in [0.2, 0.25) is 0 Å². The summed E-state index contributed by atoms with van der Waals surface area (Å²) in [6.07, 6.45) is 8.26. The fourth-order valence-electron chi connectivity index (χ4n) is 2.52. The SMILES string of the molecule is CCCCCCc1ccc(/N=C\c2ccccc2OCC)cc1. The minimum absolute atomic E-state index is 0.664. The van der Waals surface area contributed by atoms with Gasteiger partial charge in [-0.3, -0.25) is 4.99 Å². The normalized spacial score (nSPS) is 11.0. The van der Waals surface area contributed by atoms with Gasteiger partial charge in [-0.1, -0.05) is 50.5 Å². The van der Waals surface area contributed by atoms with Crippen LogP contribution in [0.15, 0.2) is 53.5 Å².